The molecular formula is C33H56O5Si. The van der Waals surface area contributed by atoms with Crippen molar-refractivity contribution >= 4 is 8.32 Å². The Labute approximate surface area is 239 Å². The Morgan fingerprint density at radius 2 is 1.79 bits per heavy atom. The van der Waals surface area contributed by atoms with Crippen LogP contribution in [0.25, 0.3) is 0 Å². The molecule has 2 aliphatic heterocycles. The molecule has 0 bridgehead atoms. The van der Waals surface area contributed by atoms with Gasteiger partial charge in [0.15, 0.2) is 8.32 Å². The fraction of sp³-hybridized carbons (Fsp3) is 0.758. The van der Waals surface area contributed by atoms with Crippen LogP contribution in [0.2, 0.25) is 18.1 Å². The zero-order valence-electron chi connectivity index (χ0n) is 26.4. The third kappa shape index (κ3) is 7.84. The zero-order chi connectivity index (χ0) is 29.3. The maximum atomic E-state index is 10.2. The van der Waals surface area contributed by atoms with E-state index in [4.69, 9.17) is 18.6 Å². The van der Waals surface area contributed by atoms with E-state index in [9.17, 15) is 5.11 Å². The van der Waals surface area contributed by atoms with Crippen LogP contribution in [0.15, 0.2) is 42.5 Å². The molecule has 2 fully saturated rings. The smallest absolute Gasteiger partial charge is 0.192 e. The molecule has 5 nitrogen and oxygen atoms in total. The lowest BCUT2D eigenvalue weighted by atomic mass is 9.80. The Morgan fingerprint density at radius 1 is 1.15 bits per heavy atom. The first kappa shape index (κ1) is 32.5. The molecule has 1 N–H and O–H groups in total. The van der Waals surface area contributed by atoms with E-state index in [1.165, 1.54) is 5.56 Å². The number of epoxide rings is 1. The number of hydrogen-bond donors (Lipinski definition) is 1. The van der Waals surface area contributed by atoms with Crippen LogP contribution in [0.1, 0.15) is 93.1 Å². The van der Waals surface area contributed by atoms with Crippen LogP contribution < -0.4 is 0 Å². The monoisotopic (exact) mass is 560 g/mol. The first-order valence-corrected chi connectivity index (χ1v) is 17.8. The highest BCUT2D eigenvalue weighted by atomic mass is 28.4. The molecule has 3 rings (SSSR count). The standard InChI is InChI=1S/C33H56O5Si/c1-24(2)27(34)17-18-31(8)28(36-31)21-33(25(3)4)20-19-32(9,38-33)29(37-39(10,11)30(5,6)7)23-35-22-26-15-13-12-14-16-26/h12-16,25,27-29,34H,1,17-23H2,2-11H3/t27-,28-,29+,31-,32-,33+/m1/s1. The summed E-state index contributed by atoms with van der Waals surface area (Å²) in [5, 5.41) is 10.3. The molecule has 0 radical (unpaired) electrons. The minimum absolute atomic E-state index is 0.0901. The minimum Gasteiger partial charge on any atom is -0.409 e. The Hall–Kier alpha value is -1.02. The van der Waals surface area contributed by atoms with Crippen LogP contribution >= 0.6 is 0 Å². The van der Waals surface area contributed by atoms with Crippen LogP contribution in [-0.2, 0) is 25.2 Å². The lowest BCUT2D eigenvalue weighted by Gasteiger charge is -2.45. The summed E-state index contributed by atoms with van der Waals surface area (Å²) in [6, 6.07) is 10.3. The molecule has 0 spiro atoms. The van der Waals surface area contributed by atoms with Crippen molar-refractivity contribution in [3.63, 3.8) is 0 Å². The Kier molecular flexibility index (Phi) is 10.1. The fourth-order valence-corrected chi connectivity index (χ4v) is 6.90. The van der Waals surface area contributed by atoms with Gasteiger partial charge in [-0.15, -0.1) is 0 Å². The van der Waals surface area contributed by atoms with Crippen LogP contribution in [0.4, 0.5) is 0 Å². The molecule has 222 valence electrons. The van der Waals surface area contributed by atoms with E-state index in [-0.39, 0.29) is 28.4 Å². The average molecular weight is 561 g/mol. The van der Waals surface area contributed by atoms with Crippen molar-refractivity contribution in [2.75, 3.05) is 6.61 Å². The molecule has 0 aliphatic carbocycles. The van der Waals surface area contributed by atoms with Crippen LogP contribution in [0, 0.1) is 5.92 Å². The second-order valence-corrected chi connectivity index (χ2v) is 19.3. The van der Waals surface area contributed by atoms with Crippen molar-refractivity contribution in [2.45, 2.75) is 147 Å². The van der Waals surface area contributed by atoms with Crippen LogP contribution in [0.5, 0.6) is 0 Å². The molecular weight excluding hydrogens is 504 g/mol. The normalized spacial score (nSPS) is 30.9. The van der Waals surface area contributed by atoms with Gasteiger partial charge in [-0.25, -0.2) is 0 Å². The van der Waals surface area contributed by atoms with Gasteiger partial charge in [0.25, 0.3) is 0 Å². The molecule has 2 aliphatic rings. The molecule has 0 unspecified atom stereocenters. The molecule has 0 saturated carbocycles. The minimum atomic E-state index is -2.07. The number of benzene rings is 1. The van der Waals surface area contributed by atoms with Gasteiger partial charge in [0.05, 0.1) is 48.3 Å². The zero-order valence-corrected chi connectivity index (χ0v) is 27.4. The van der Waals surface area contributed by atoms with Crippen molar-refractivity contribution in [3.8, 4) is 0 Å². The molecule has 0 aromatic heterocycles. The second-order valence-electron chi connectivity index (χ2n) is 14.5. The number of hydrogen-bond acceptors (Lipinski definition) is 5. The molecule has 1 aromatic carbocycles. The van der Waals surface area contributed by atoms with Gasteiger partial charge in [0.2, 0.25) is 0 Å². The van der Waals surface area contributed by atoms with E-state index < -0.39 is 20.0 Å². The second kappa shape index (κ2) is 12.1. The van der Waals surface area contributed by atoms with Crippen molar-refractivity contribution in [1.82, 2.24) is 0 Å². The number of aliphatic hydroxyl groups is 1. The highest BCUT2D eigenvalue weighted by molar-refractivity contribution is 6.74. The summed E-state index contributed by atoms with van der Waals surface area (Å²) in [4.78, 5) is 0. The van der Waals surface area contributed by atoms with Crippen molar-refractivity contribution < 1.29 is 23.7 Å². The number of rotatable bonds is 14. The first-order chi connectivity index (χ1) is 17.9. The van der Waals surface area contributed by atoms with Gasteiger partial charge in [-0.2, -0.15) is 0 Å². The first-order valence-electron chi connectivity index (χ1n) is 14.9. The molecule has 1 aromatic rings. The molecule has 2 saturated heterocycles. The van der Waals surface area contributed by atoms with E-state index in [1.54, 1.807) is 0 Å². The summed E-state index contributed by atoms with van der Waals surface area (Å²) in [7, 11) is -2.07. The van der Waals surface area contributed by atoms with E-state index in [1.807, 2.05) is 25.1 Å². The van der Waals surface area contributed by atoms with Crippen LogP contribution in [-0.4, -0.2) is 55.1 Å². The molecule has 0 amide bonds. The van der Waals surface area contributed by atoms with Gasteiger partial charge < -0.3 is 23.7 Å². The highest BCUT2D eigenvalue weighted by Crippen LogP contribution is 2.53. The third-order valence-electron chi connectivity index (χ3n) is 9.89. The van der Waals surface area contributed by atoms with E-state index in [0.717, 1.165) is 31.3 Å². The lowest BCUT2D eigenvalue weighted by molar-refractivity contribution is -0.175. The Bertz CT molecular complexity index is 957. The maximum absolute atomic E-state index is 10.2. The summed E-state index contributed by atoms with van der Waals surface area (Å²) >= 11 is 0. The van der Waals surface area contributed by atoms with Gasteiger partial charge in [-0.05, 0) is 76.1 Å². The summed E-state index contributed by atoms with van der Waals surface area (Å²) in [6.07, 6.45) is 3.77. The highest BCUT2D eigenvalue weighted by Gasteiger charge is 2.60. The topological polar surface area (TPSA) is 60.5 Å². The average Bonchev–Trinajstić information content (AvgIpc) is 3.32. The van der Waals surface area contributed by atoms with E-state index >= 15 is 0 Å². The van der Waals surface area contributed by atoms with Gasteiger partial charge in [-0.1, -0.05) is 77.1 Å². The van der Waals surface area contributed by atoms with Crippen molar-refractivity contribution in [1.29, 1.82) is 0 Å². The molecule has 2 heterocycles. The van der Waals surface area contributed by atoms with Crippen LogP contribution in [0.3, 0.4) is 0 Å². The lowest BCUT2D eigenvalue weighted by Crippen LogP contribution is -2.54. The third-order valence-corrected chi connectivity index (χ3v) is 14.4. The van der Waals surface area contributed by atoms with Crippen molar-refractivity contribution in [3.05, 3.63) is 48.0 Å². The van der Waals surface area contributed by atoms with Gasteiger partial charge >= 0.3 is 0 Å². The van der Waals surface area contributed by atoms with Gasteiger partial charge in [0.1, 0.15) is 0 Å². The SMILES string of the molecule is C=C(C)[C@H](O)CC[C@@]1(C)O[C@@H]1C[C@]1(C(C)C)CC[C@](C)([C@H](COCc2ccccc2)O[Si](C)(C)C(C)(C)C)O1. The summed E-state index contributed by atoms with van der Waals surface area (Å²) in [5.74, 6) is 0.340. The summed E-state index contributed by atoms with van der Waals surface area (Å²) in [5.41, 5.74) is 1.04. The quantitative estimate of drug-likeness (QED) is 0.143. The van der Waals surface area contributed by atoms with Crippen molar-refractivity contribution in [2.24, 2.45) is 5.92 Å². The maximum Gasteiger partial charge on any atom is 0.192 e. The predicted molar refractivity (Wildman–Crippen MR) is 162 cm³/mol. The number of aliphatic hydroxyl groups excluding tert-OH is 1. The molecule has 6 atom stereocenters. The molecule has 39 heavy (non-hydrogen) atoms. The Morgan fingerprint density at radius 3 is 2.36 bits per heavy atom. The largest absolute Gasteiger partial charge is 0.409 e. The summed E-state index contributed by atoms with van der Waals surface area (Å²) < 4.78 is 26.9. The molecule has 6 heteroatoms. The predicted octanol–water partition coefficient (Wildman–Crippen LogP) is 7.82. The van der Waals surface area contributed by atoms with E-state index in [0.29, 0.717) is 25.6 Å². The number of ether oxygens (including phenoxy) is 3. The van der Waals surface area contributed by atoms with E-state index in [2.05, 4.69) is 80.3 Å². The fourth-order valence-electron chi connectivity index (χ4n) is 5.52. The summed E-state index contributed by atoms with van der Waals surface area (Å²) in [6.45, 7) is 27.3. The Balaban J connectivity index is 1.74. The van der Waals surface area contributed by atoms with Gasteiger partial charge in [0, 0.05) is 6.42 Å². The van der Waals surface area contributed by atoms with Gasteiger partial charge in [-0.3, -0.25) is 0 Å².